The fraction of sp³-hybridized carbons (Fsp3) is 0.650. The molecule has 0 aromatic heterocycles. The molecule has 0 spiro atoms. The lowest BCUT2D eigenvalue weighted by atomic mass is 9.78. The highest BCUT2D eigenvalue weighted by Crippen LogP contribution is 2.36. The van der Waals surface area contributed by atoms with Crippen LogP contribution in [0.4, 0.5) is 0 Å². The predicted octanol–water partition coefficient (Wildman–Crippen LogP) is 4.17. The van der Waals surface area contributed by atoms with E-state index in [-0.39, 0.29) is 15.8 Å². The number of halogens is 1. The van der Waals surface area contributed by atoms with Crippen LogP contribution in [0.1, 0.15) is 62.7 Å². The van der Waals surface area contributed by atoms with E-state index in [4.69, 9.17) is 11.6 Å². The quantitative estimate of drug-likeness (QED) is 0.729. The highest BCUT2D eigenvalue weighted by Gasteiger charge is 2.36. The summed E-state index contributed by atoms with van der Waals surface area (Å²) >= 11 is 6.21. The van der Waals surface area contributed by atoms with Gasteiger partial charge in [-0.25, -0.2) is 8.42 Å². The van der Waals surface area contributed by atoms with Gasteiger partial charge in [0.05, 0.1) is 5.02 Å². The highest BCUT2D eigenvalue weighted by atomic mass is 35.5. The Bertz CT molecular complexity index is 790. The summed E-state index contributed by atoms with van der Waals surface area (Å²) < 4.78 is 27.2. The van der Waals surface area contributed by atoms with E-state index in [2.05, 4.69) is 0 Å². The molecule has 150 valence electrons. The van der Waals surface area contributed by atoms with Crippen LogP contribution in [0, 0.1) is 5.92 Å². The Hall–Kier alpha value is -1.11. The van der Waals surface area contributed by atoms with E-state index in [9.17, 15) is 13.2 Å². The molecular formula is C20H29ClN2O3S. The molecule has 7 heteroatoms. The van der Waals surface area contributed by atoms with Crippen LogP contribution in [0.3, 0.4) is 0 Å². The Morgan fingerprint density at radius 3 is 2.52 bits per heavy atom. The molecule has 2 unspecified atom stereocenters. The minimum atomic E-state index is -3.71. The van der Waals surface area contributed by atoms with Gasteiger partial charge in [0.25, 0.3) is 5.91 Å². The molecule has 2 aliphatic rings. The number of carbonyl (C=O) groups excluding carboxylic acids is 1. The average Bonchev–Trinajstić information content (AvgIpc) is 2.68. The van der Waals surface area contributed by atoms with Crippen molar-refractivity contribution in [1.29, 1.82) is 0 Å². The summed E-state index contributed by atoms with van der Waals surface area (Å²) in [5.41, 5.74) is 0.413. The molecule has 1 heterocycles. The number of benzene rings is 1. The predicted molar refractivity (Wildman–Crippen MR) is 108 cm³/mol. The Labute approximate surface area is 167 Å². The van der Waals surface area contributed by atoms with Crippen LogP contribution in [-0.4, -0.2) is 49.2 Å². The normalized spacial score (nSPS) is 23.3. The molecule has 5 nitrogen and oxygen atoms in total. The van der Waals surface area contributed by atoms with Crippen LogP contribution in [-0.2, 0) is 10.0 Å². The smallest absolute Gasteiger partial charge is 0.254 e. The number of amides is 1. The Morgan fingerprint density at radius 2 is 1.81 bits per heavy atom. The van der Waals surface area contributed by atoms with E-state index in [1.807, 2.05) is 4.90 Å². The van der Waals surface area contributed by atoms with E-state index in [0.717, 1.165) is 25.8 Å². The van der Waals surface area contributed by atoms with E-state index in [1.165, 1.54) is 35.7 Å². The molecule has 3 rings (SSSR count). The largest absolute Gasteiger partial charge is 0.335 e. The van der Waals surface area contributed by atoms with Crippen molar-refractivity contribution in [3.05, 3.63) is 28.8 Å². The van der Waals surface area contributed by atoms with E-state index < -0.39 is 10.0 Å². The Kier molecular flexibility index (Phi) is 6.49. The van der Waals surface area contributed by atoms with Gasteiger partial charge in [0, 0.05) is 31.2 Å². The monoisotopic (exact) mass is 412 g/mol. The minimum absolute atomic E-state index is 0.0240. The van der Waals surface area contributed by atoms with Crippen molar-refractivity contribution in [2.24, 2.45) is 5.92 Å². The second-order valence-corrected chi connectivity index (χ2v) is 9.80. The number of hydrogen-bond acceptors (Lipinski definition) is 3. The summed E-state index contributed by atoms with van der Waals surface area (Å²) in [6.07, 6.45) is 6.86. The van der Waals surface area contributed by atoms with E-state index >= 15 is 0 Å². The van der Waals surface area contributed by atoms with Gasteiger partial charge in [-0.2, -0.15) is 4.31 Å². The van der Waals surface area contributed by atoms with Gasteiger partial charge in [-0.3, -0.25) is 4.79 Å². The molecular weight excluding hydrogens is 384 g/mol. The maximum atomic E-state index is 13.2. The molecule has 1 aliphatic carbocycles. The molecule has 1 aromatic carbocycles. The lowest BCUT2D eigenvalue weighted by Crippen LogP contribution is -2.49. The number of likely N-dealkylation sites (tertiary alicyclic amines) is 1. The van der Waals surface area contributed by atoms with Gasteiger partial charge in [-0.05, 0) is 49.8 Å². The van der Waals surface area contributed by atoms with Crippen LogP contribution in [0.5, 0.6) is 0 Å². The molecule has 1 saturated carbocycles. The summed E-state index contributed by atoms with van der Waals surface area (Å²) in [6, 6.07) is 4.94. The topological polar surface area (TPSA) is 57.7 Å². The molecule has 0 bridgehead atoms. The van der Waals surface area contributed by atoms with E-state index in [1.54, 1.807) is 19.9 Å². The first-order valence-corrected chi connectivity index (χ1v) is 11.8. The van der Waals surface area contributed by atoms with Gasteiger partial charge in [0.1, 0.15) is 4.90 Å². The van der Waals surface area contributed by atoms with Crippen LogP contribution in [0.2, 0.25) is 5.02 Å². The number of sulfonamides is 1. The lowest BCUT2D eigenvalue weighted by molar-refractivity contribution is 0.0390. The SMILES string of the molecule is CCN(CC)S(=O)(=O)c1cc(C(=O)N2CCCC3CCCCC32)ccc1Cl. The number of hydrogen-bond donors (Lipinski definition) is 0. The highest BCUT2D eigenvalue weighted by molar-refractivity contribution is 7.89. The summed E-state index contributed by atoms with van der Waals surface area (Å²) in [7, 11) is -3.71. The zero-order chi connectivity index (χ0) is 19.6. The van der Waals surface area contributed by atoms with Crippen LogP contribution in [0.15, 0.2) is 23.1 Å². The number of nitrogens with zero attached hydrogens (tertiary/aromatic N) is 2. The minimum Gasteiger partial charge on any atom is -0.335 e. The summed E-state index contributed by atoms with van der Waals surface area (Å²) in [4.78, 5) is 15.2. The first-order chi connectivity index (χ1) is 12.9. The third-order valence-electron chi connectivity index (χ3n) is 6.01. The zero-order valence-corrected chi connectivity index (χ0v) is 17.7. The van der Waals surface area contributed by atoms with Crippen molar-refractivity contribution < 1.29 is 13.2 Å². The number of carbonyl (C=O) groups is 1. The average molecular weight is 413 g/mol. The fourth-order valence-electron chi connectivity index (χ4n) is 4.58. The summed E-state index contributed by atoms with van der Waals surface area (Å²) in [5.74, 6) is 0.516. The lowest BCUT2D eigenvalue weighted by Gasteiger charge is -2.44. The summed E-state index contributed by atoms with van der Waals surface area (Å²) in [6.45, 7) is 5.06. The zero-order valence-electron chi connectivity index (χ0n) is 16.2. The van der Waals surface area contributed by atoms with Crippen LogP contribution in [0.25, 0.3) is 0 Å². The molecule has 1 aromatic rings. The van der Waals surface area contributed by atoms with Gasteiger partial charge in [0.2, 0.25) is 10.0 Å². The Morgan fingerprint density at radius 1 is 1.15 bits per heavy atom. The van der Waals surface area contributed by atoms with Gasteiger partial charge in [0.15, 0.2) is 0 Å². The molecule has 1 aliphatic heterocycles. The van der Waals surface area contributed by atoms with Crippen LogP contribution >= 0.6 is 11.6 Å². The number of fused-ring (bicyclic) bond motifs is 1. The molecule has 2 fully saturated rings. The maximum Gasteiger partial charge on any atom is 0.254 e. The van der Waals surface area contributed by atoms with Crippen molar-refractivity contribution in [2.45, 2.75) is 63.3 Å². The van der Waals surface area contributed by atoms with Crippen molar-refractivity contribution in [2.75, 3.05) is 19.6 Å². The third kappa shape index (κ3) is 4.03. The van der Waals surface area contributed by atoms with Crippen LogP contribution < -0.4 is 0 Å². The second-order valence-electron chi connectivity index (χ2n) is 7.49. The molecule has 0 radical (unpaired) electrons. The summed E-state index contributed by atoms with van der Waals surface area (Å²) in [5, 5.41) is 0.160. The van der Waals surface area contributed by atoms with Crippen molar-refractivity contribution in [1.82, 2.24) is 9.21 Å². The van der Waals surface area contributed by atoms with E-state index in [0.29, 0.717) is 30.6 Å². The standard InChI is InChI=1S/C20H29ClN2O3S/c1-3-22(4-2)27(25,26)19-14-16(11-12-17(19)21)20(24)23-13-7-9-15-8-5-6-10-18(15)23/h11-12,14-15,18H,3-10,13H2,1-2H3. The number of rotatable bonds is 5. The molecule has 27 heavy (non-hydrogen) atoms. The molecule has 0 N–H and O–H groups in total. The first-order valence-electron chi connectivity index (χ1n) is 10.0. The third-order valence-corrected chi connectivity index (χ3v) is 8.54. The fourth-order valence-corrected chi connectivity index (χ4v) is 6.54. The van der Waals surface area contributed by atoms with Crippen molar-refractivity contribution in [3.63, 3.8) is 0 Å². The maximum absolute atomic E-state index is 13.2. The second kappa shape index (κ2) is 8.50. The van der Waals surface area contributed by atoms with Gasteiger partial charge < -0.3 is 4.90 Å². The molecule has 1 saturated heterocycles. The number of piperidine rings is 1. The first kappa shape index (κ1) is 20.6. The van der Waals surface area contributed by atoms with Crippen molar-refractivity contribution in [3.8, 4) is 0 Å². The van der Waals surface area contributed by atoms with Gasteiger partial charge >= 0.3 is 0 Å². The van der Waals surface area contributed by atoms with Gasteiger partial charge in [-0.15, -0.1) is 0 Å². The van der Waals surface area contributed by atoms with Gasteiger partial charge in [-0.1, -0.05) is 38.3 Å². The van der Waals surface area contributed by atoms with Crippen molar-refractivity contribution >= 4 is 27.5 Å². The Balaban J connectivity index is 1.92. The molecule has 1 amide bonds. The molecule has 2 atom stereocenters.